The minimum Gasteiger partial charge on any atom is -0.497 e. The van der Waals surface area contributed by atoms with E-state index in [1.165, 1.54) is 0 Å². The molecule has 0 N–H and O–H groups in total. The first-order valence-electron chi connectivity index (χ1n) is 13.0. The Bertz CT molecular complexity index is 1470. The minimum atomic E-state index is -3.92. The van der Waals surface area contributed by atoms with Crippen LogP contribution in [0, 0.1) is 0 Å². The summed E-state index contributed by atoms with van der Waals surface area (Å²) in [5, 5.41) is -1.96. The van der Waals surface area contributed by atoms with Crippen LogP contribution in [-0.2, 0) is 9.84 Å². The summed E-state index contributed by atoms with van der Waals surface area (Å²) in [6, 6.07) is 29.1. The van der Waals surface area contributed by atoms with Crippen LogP contribution in [-0.4, -0.2) is 36.9 Å². The van der Waals surface area contributed by atoms with Crippen LogP contribution in [0.2, 0.25) is 0 Å². The van der Waals surface area contributed by atoms with Gasteiger partial charge < -0.3 is 18.9 Å². The zero-order valence-corrected chi connectivity index (χ0v) is 24.4. The molecule has 0 amide bonds. The second kappa shape index (κ2) is 13.7. The summed E-state index contributed by atoms with van der Waals surface area (Å²) < 4.78 is 51.0. The normalized spacial score (nSPS) is 13.2. The first-order valence-corrected chi connectivity index (χ1v) is 14.6. The Morgan fingerprint density at radius 3 is 1.22 bits per heavy atom. The third-order valence-electron chi connectivity index (χ3n) is 6.78. The van der Waals surface area contributed by atoms with Gasteiger partial charge in [0.05, 0.1) is 28.4 Å². The highest BCUT2D eigenvalue weighted by Crippen LogP contribution is 2.39. The third-order valence-corrected chi connectivity index (χ3v) is 9.05. The quantitative estimate of drug-likeness (QED) is 0.177. The van der Waals surface area contributed by atoms with Crippen LogP contribution >= 0.6 is 0 Å². The molecule has 0 aliphatic heterocycles. The molecule has 0 saturated carbocycles. The van der Waals surface area contributed by atoms with Gasteiger partial charge in [-0.1, -0.05) is 85.0 Å². The van der Waals surface area contributed by atoms with E-state index >= 15 is 0 Å². The molecule has 4 rings (SSSR count). The molecule has 0 spiro atoms. The Morgan fingerprint density at radius 1 is 0.512 bits per heavy atom. The Morgan fingerprint density at radius 2 is 0.878 bits per heavy atom. The van der Waals surface area contributed by atoms with E-state index in [-0.39, 0.29) is 0 Å². The lowest BCUT2D eigenvalue weighted by atomic mass is 10.1. The largest absolute Gasteiger partial charge is 0.497 e. The van der Waals surface area contributed by atoms with Crippen LogP contribution in [0.15, 0.2) is 109 Å². The summed E-state index contributed by atoms with van der Waals surface area (Å²) in [7, 11) is 2.41. The lowest BCUT2D eigenvalue weighted by molar-refractivity contribution is 0.414. The van der Waals surface area contributed by atoms with E-state index < -0.39 is 20.3 Å². The molecule has 0 aliphatic rings. The van der Waals surface area contributed by atoms with Gasteiger partial charge in [0.25, 0.3) is 0 Å². The lowest BCUT2D eigenvalue weighted by Gasteiger charge is -2.22. The number of hydrogen-bond donors (Lipinski definition) is 0. The van der Waals surface area contributed by atoms with Crippen molar-refractivity contribution >= 4 is 22.0 Å². The maximum atomic E-state index is 14.7. The number of sulfone groups is 1. The molecular formula is C34H34O6S. The van der Waals surface area contributed by atoms with E-state index in [2.05, 4.69) is 0 Å². The van der Waals surface area contributed by atoms with Crippen LogP contribution in [0.5, 0.6) is 23.0 Å². The average molecular weight is 571 g/mol. The molecule has 0 radical (unpaired) electrons. The highest BCUT2D eigenvalue weighted by Gasteiger charge is 2.33. The summed E-state index contributed by atoms with van der Waals surface area (Å²) in [5.41, 5.74) is 2.77. The smallest absolute Gasteiger partial charge is 0.171 e. The second-order valence-electron chi connectivity index (χ2n) is 9.18. The summed E-state index contributed by atoms with van der Waals surface area (Å²) in [6.45, 7) is 0. The van der Waals surface area contributed by atoms with Crippen molar-refractivity contribution in [2.45, 2.75) is 10.5 Å². The van der Waals surface area contributed by atoms with Gasteiger partial charge in [0.2, 0.25) is 0 Å². The average Bonchev–Trinajstić information content (AvgIpc) is 3.02. The van der Waals surface area contributed by atoms with E-state index in [0.717, 1.165) is 11.1 Å². The number of para-hydroxylation sites is 2. The molecule has 0 heterocycles. The lowest BCUT2D eigenvalue weighted by Crippen LogP contribution is -2.19. The molecule has 0 aromatic heterocycles. The van der Waals surface area contributed by atoms with E-state index in [4.69, 9.17) is 18.9 Å². The van der Waals surface area contributed by atoms with Crippen LogP contribution < -0.4 is 18.9 Å². The number of rotatable bonds is 12. The predicted molar refractivity (Wildman–Crippen MR) is 164 cm³/mol. The Labute approximate surface area is 242 Å². The maximum absolute atomic E-state index is 14.7. The Hall–Kier alpha value is -4.49. The zero-order chi connectivity index (χ0) is 29.2. The van der Waals surface area contributed by atoms with Crippen LogP contribution in [0.3, 0.4) is 0 Å². The Kier molecular flexibility index (Phi) is 9.87. The highest BCUT2D eigenvalue weighted by atomic mass is 32.2. The molecule has 4 aromatic rings. The molecule has 212 valence electrons. The Balaban J connectivity index is 1.86. The maximum Gasteiger partial charge on any atom is 0.171 e. The van der Waals surface area contributed by atoms with Crippen LogP contribution in [0.1, 0.15) is 32.8 Å². The van der Waals surface area contributed by atoms with Gasteiger partial charge in [0.15, 0.2) is 9.84 Å². The van der Waals surface area contributed by atoms with Crippen molar-refractivity contribution < 1.29 is 27.4 Å². The SMILES string of the molecule is COc1ccc(C(/C=C/c2ccccc2OC)S(=O)(=O)C(/C=C/c2ccccc2OC)c2ccc(OC)cc2)cc1. The molecule has 6 nitrogen and oxygen atoms in total. The van der Waals surface area contributed by atoms with Gasteiger partial charge in [0.1, 0.15) is 33.5 Å². The molecular weight excluding hydrogens is 536 g/mol. The summed E-state index contributed by atoms with van der Waals surface area (Å²) in [4.78, 5) is 0. The first kappa shape index (κ1) is 29.5. The van der Waals surface area contributed by atoms with E-state index in [1.807, 2.05) is 48.5 Å². The van der Waals surface area contributed by atoms with Gasteiger partial charge in [-0.05, 0) is 47.5 Å². The van der Waals surface area contributed by atoms with Crippen molar-refractivity contribution in [1.82, 2.24) is 0 Å². The van der Waals surface area contributed by atoms with Crippen molar-refractivity contribution in [3.05, 3.63) is 131 Å². The molecule has 7 heteroatoms. The summed E-state index contributed by atoms with van der Waals surface area (Å²) in [5.74, 6) is 2.58. The summed E-state index contributed by atoms with van der Waals surface area (Å²) >= 11 is 0. The zero-order valence-electron chi connectivity index (χ0n) is 23.6. The monoisotopic (exact) mass is 570 g/mol. The third kappa shape index (κ3) is 6.99. The second-order valence-corrected chi connectivity index (χ2v) is 11.4. The van der Waals surface area contributed by atoms with Crippen molar-refractivity contribution in [2.24, 2.45) is 0 Å². The fraction of sp³-hybridized carbons (Fsp3) is 0.176. The van der Waals surface area contributed by atoms with Crippen LogP contribution in [0.4, 0.5) is 0 Å². The molecule has 0 saturated heterocycles. The summed E-state index contributed by atoms with van der Waals surface area (Å²) in [6.07, 6.45) is 7.01. The molecule has 0 fully saturated rings. The number of benzene rings is 4. The molecule has 2 unspecified atom stereocenters. The number of hydrogen-bond acceptors (Lipinski definition) is 6. The fourth-order valence-corrected chi connectivity index (χ4v) is 6.54. The predicted octanol–water partition coefficient (Wildman–Crippen LogP) is 7.35. The molecule has 0 bridgehead atoms. The fourth-order valence-electron chi connectivity index (χ4n) is 4.56. The minimum absolute atomic E-state index is 0.612. The van der Waals surface area contributed by atoms with Gasteiger partial charge in [0, 0.05) is 11.1 Å². The van der Waals surface area contributed by atoms with E-state index in [9.17, 15) is 8.42 Å². The van der Waals surface area contributed by atoms with E-state index in [0.29, 0.717) is 34.1 Å². The molecule has 0 aliphatic carbocycles. The standard InChI is InChI=1S/C34H34O6S/c1-37-29-19-13-27(14-20-29)33(23-17-25-9-5-7-11-31(25)39-3)41(35,36)34(28-15-21-30(38-2)22-16-28)24-18-26-10-6-8-12-32(26)40-4/h5-24,33-34H,1-4H3/b23-17+,24-18+. The first-order chi connectivity index (χ1) is 19.9. The molecule has 2 atom stereocenters. The van der Waals surface area contributed by atoms with Gasteiger partial charge in [-0.25, -0.2) is 8.42 Å². The topological polar surface area (TPSA) is 71.1 Å². The van der Waals surface area contributed by atoms with Crippen molar-refractivity contribution in [2.75, 3.05) is 28.4 Å². The van der Waals surface area contributed by atoms with Crippen molar-refractivity contribution in [3.8, 4) is 23.0 Å². The highest BCUT2D eigenvalue weighted by molar-refractivity contribution is 7.92. The van der Waals surface area contributed by atoms with Crippen molar-refractivity contribution in [3.63, 3.8) is 0 Å². The van der Waals surface area contributed by atoms with Crippen molar-refractivity contribution in [1.29, 1.82) is 0 Å². The molecule has 41 heavy (non-hydrogen) atoms. The number of methoxy groups -OCH3 is 4. The van der Waals surface area contributed by atoms with Gasteiger partial charge in [-0.15, -0.1) is 0 Å². The van der Waals surface area contributed by atoms with Crippen LogP contribution in [0.25, 0.3) is 12.2 Å². The number of ether oxygens (including phenoxy) is 4. The molecule has 4 aromatic carbocycles. The van der Waals surface area contributed by atoms with Gasteiger partial charge in [-0.3, -0.25) is 0 Å². The van der Waals surface area contributed by atoms with E-state index in [1.54, 1.807) is 101 Å². The van der Waals surface area contributed by atoms with Gasteiger partial charge in [-0.2, -0.15) is 0 Å². The van der Waals surface area contributed by atoms with Gasteiger partial charge >= 0.3 is 0 Å².